The summed E-state index contributed by atoms with van der Waals surface area (Å²) in [6, 6.07) is 17.5. The van der Waals surface area contributed by atoms with Gasteiger partial charge in [-0.2, -0.15) is 0 Å². The molecule has 0 fully saturated rings. The molecule has 1 N–H and O–H groups in total. The van der Waals surface area contributed by atoms with Gasteiger partial charge in [0.15, 0.2) is 0 Å². The van der Waals surface area contributed by atoms with E-state index < -0.39 is 6.10 Å². The Morgan fingerprint density at radius 3 is 2.62 bits per heavy atom. The van der Waals surface area contributed by atoms with Crippen molar-refractivity contribution in [2.45, 2.75) is 25.4 Å². The van der Waals surface area contributed by atoms with Gasteiger partial charge in [-0.1, -0.05) is 48.5 Å². The molecule has 1 aliphatic heterocycles. The molecule has 0 radical (unpaired) electrons. The van der Waals surface area contributed by atoms with Crippen LogP contribution in [-0.2, 0) is 11.2 Å². The minimum absolute atomic E-state index is 0.0925. The summed E-state index contributed by atoms with van der Waals surface area (Å²) in [4.78, 5) is 14.2. The molecule has 0 aliphatic carbocycles. The van der Waals surface area contributed by atoms with E-state index in [9.17, 15) is 9.90 Å². The van der Waals surface area contributed by atoms with Gasteiger partial charge in [0.25, 0.3) is 0 Å². The van der Waals surface area contributed by atoms with E-state index >= 15 is 0 Å². The van der Waals surface area contributed by atoms with Crippen LogP contribution in [0.4, 0.5) is 5.69 Å². The minimum atomic E-state index is -0.576. The Balaban J connectivity index is 1.61. The van der Waals surface area contributed by atoms with Crippen LogP contribution in [0, 0.1) is 0 Å². The SMILES string of the molecule is O=C(CCC(O)c1ccccc1)N1CCc2ccccc21. The number of carbonyl (C=O) groups excluding carboxylic acids is 1. The Labute approximate surface area is 124 Å². The van der Waals surface area contributed by atoms with Crippen molar-refractivity contribution in [3.63, 3.8) is 0 Å². The lowest BCUT2D eigenvalue weighted by Gasteiger charge is -2.18. The zero-order valence-corrected chi connectivity index (χ0v) is 11.9. The summed E-state index contributed by atoms with van der Waals surface area (Å²) in [5.74, 6) is 0.0925. The van der Waals surface area contributed by atoms with Gasteiger partial charge in [0.2, 0.25) is 5.91 Å². The Kier molecular flexibility index (Phi) is 4.02. The second-order valence-corrected chi connectivity index (χ2v) is 5.39. The summed E-state index contributed by atoms with van der Waals surface area (Å²) in [7, 11) is 0. The highest BCUT2D eigenvalue weighted by molar-refractivity contribution is 5.95. The van der Waals surface area contributed by atoms with E-state index in [2.05, 4.69) is 6.07 Å². The van der Waals surface area contributed by atoms with Gasteiger partial charge < -0.3 is 10.0 Å². The molecule has 2 aromatic carbocycles. The number of hydrogen-bond acceptors (Lipinski definition) is 2. The summed E-state index contributed by atoms with van der Waals surface area (Å²) in [5, 5.41) is 10.1. The van der Waals surface area contributed by atoms with E-state index in [0.29, 0.717) is 12.8 Å². The largest absolute Gasteiger partial charge is 0.388 e. The van der Waals surface area contributed by atoms with Gasteiger partial charge in [-0.15, -0.1) is 0 Å². The molecule has 0 bridgehead atoms. The van der Waals surface area contributed by atoms with Crippen LogP contribution in [0.15, 0.2) is 54.6 Å². The van der Waals surface area contributed by atoms with Gasteiger partial charge in [0.1, 0.15) is 0 Å². The summed E-state index contributed by atoms with van der Waals surface area (Å²) < 4.78 is 0. The van der Waals surface area contributed by atoms with E-state index in [1.54, 1.807) is 0 Å². The lowest BCUT2D eigenvalue weighted by molar-refractivity contribution is -0.119. The molecule has 0 aromatic heterocycles. The summed E-state index contributed by atoms with van der Waals surface area (Å²) in [5.41, 5.74) is 3.12. The highest BCUT2D eigenvalue weighted by atomic mass is 16.3. The Morgan fingerprint density at radius 2 is 1.81 bits per heavy atom. The van der Waals surface area contributed by atoms with E-state index in [4.69, 9.17) is 0 Å². The molecule has 2 aromatic rings. The zero-order chi connectivity index (χ0) is 14.7. The van der Waals surface area contributed by atoms with Gasteiger partial charge >= 0.3 is 0 Å². The molecule has 1 amide bonds. The zero-order valence-electron chi connectivity index (χ0n) is 11.9. The molecule has 21 heavy (non-hydrogen) atoms. The predicted octanol–water partition coefficient (Wildman–Crippen LogP) is 3.09. The van der Waals surface area contributed by atoms with Crippen LogP contribution >= 0.6 is 0 Å². The van der Waals surface area contributed by atoms with Crippen molar-refractivity contribution in [3.8, 4) is 0 Å². The van der Waals surface area contributed by atoms with Gasteiger partial charge in [0.05, 0.1) is 6.10 Å². The molecule has 1 atom stereocenters. The molecule has 3 nitrogen and oxygen atoms in total. The Morgan fingerprint density at radius 1 is 1.10 bits per heavy atom. The molecule has 0 saturated carbocycles. The van der Waals surface area contributed by atoms with Crippen LogP contribution in [-0.4, -0.2) is 17.6 Å². The quantitative estimate of drug-likeness (QED) is 0.935. The number of para-hydroxylation sites is 1. The van der Waals surface area contributed by atoms with E-state index in [-0.39, 0.29) is 5.91 Å². The lowest BCUT2D eigenvalue weighted by atomic mass is 10.0. The monoisotopic (exact) mass is 281 g/mol. The van der Waals surface area contributed by atoms with E-state index in [1.807, 2.05) is 53.4 Å². The maximum absolute atomic E-state index is 12.4. The van der Waals surface area contributed by atoms with Crippen LogP contribution in [0.2, 0.25) is 0 Å². The van der Waals surface area contributed by atoms with E-state index in [0.717, 1.165) is 24.2 Å². The number of fused-ring (bicyclic) bond motifs is 1. The first-order chi connectivity index (χ1) is 10.3. The van der Waals surface area contributed by atoms with Crippen LogP contribution in [0.3, 0.4) is 0 Å². The minimum Gasteiger partial charge on any atom is -0.388 e. The van der Waals surface area contributed by atoms with Crippen molar-refractivity contribution in [2.75, 3.05) is 11.4 Å². The maximum atomic E-state index is 12.4. The first kappa shape index (κ1) is 13.8. The molecule has 1 unspecified atom stereocenters. The second kappa shape index (κ2) is 6.10. The molecule has 3 heteroatoms. The Hall–Kier alpha value is -2.13. The van der Waals surface area contributed by atoms with Crippen molar-refractivity contribution in [1.29, 1.82) is 0 Å². The summed E-state index contributed by atoms with van der Waals surface area (Å²) >= 11 is 0. The predicted molar refractivity (Wildman–Crippen MR) is 83.1 cm³/mol. The first-order valence-corrected chi connectivity index (χ1v) is 7.37. The number of rotatable bonds is 4. The number of hydrogen-bond donors (Lipinski definition) is 1. The van der Waals surface area contributed by atoms with Gasteiger partial charge in [-0.3, -0.25) is 4.79 Å². The molecule has 0 saturated heterocycles. The second-order valence-electron chi connectivity index (χ2n) is 5.39. The maximum Gasteiger partial charge on any atom is 0.227 e. The number of aliphatic hydroxyl groups excluding tert-OH is 1. The van der Waals surface area contributed by atoms with Gasteiger partial charge in [-0.25, -0.2) is 0 Å². The van der Waals surface area contributed by atoms with Gasteiger partial charge in [-0.05, 0) is 30.0 Å². The van der Waals surface area contributed by atoms with Crippen molar-refractivity contribution >= 4 is 11.6 Å². The number of amides is 1. The van der Waals surface area contributed by atoms with Crippen LogP contribution in [0.1, 0.15) is 30.1 Å². The third kappa shape index (κ3) is 2.98. The van der Waals surface area contributed by atoms with E-state index in [1.165, 1.54) is 5.56 Å². The number of benzene rings is 2. The smallest absolute Gasteiger partial charge is 0.227 e. The van der Waals surface area contributed by atoms with Crippen molar-refractivity contribution in [3.05, 3.63) is 65.7 Å². The number of anilines is 1. The van der Waals surface area contributed by atoms with Crippen molar-refractivity contribution in [2.24, 2.45) is 0 Å². The average Bonchev–Trinajstić information content (AvgIpc) is 2.97. The van der Waals surface area contributed by atoms with Crippen LogP contribution in [0.5, 0.6) is 0 Å². The van der Waals surface area contributed by atoms with Crippen molar-refractivity contribution in [1.82, 2.24) is 0 Å². The first-order valence-electron chi connectivity index (χ1n) is 7.37. The average molecular weight is 281 g/mol. The third-order valence-electron chi connectivity index (χ3n) is 4.00. The molecular formula is C18H19NO2. The standard InChI is InChI=1S/C18H19NO2/c20-17(15-7-2-1-3-8-15)10-11-18(21)19-13-12-14-6-4-5-9-16(14)19/h1-9,17,20H,10-13H2. The molecule has 1 heterocycles. The van der Waals surface area contributed by atoms with Crippen molar-refractivity contribution < 1.29 is 9.90 Å². The molecular weight excluding hydrogens is 262 g/mol. The fourth-order valence-corrected chi connectivity index (χ4v) is 2.83. The fraction of sp³-hybridized carbons (Fsp3) is 0.278. The normalized spacial score (nSPS) is 14.8. The van der Waals surface area contributed by atoms with Crippen LogP contribution < -0.4 is 4.90 Å². The lowest BCUT2D eigenvalue weighted by Crippen LogP contribution is -2.28. The molecule has 0 spiro atoms. The number of aliphatic hydroxyl groups is 1. The highest BCUT2D eigenvalue weighted by Gasteiger charge is 2.24. The summed E-state index contributed by atoms with van der Waals surface area (Å²) in [6.07, 6.45) is 1.17. The summed E-state index contributed by atoms with van der Waals surface area (Å²) in [6.45, 7) is 0.750. The number of nitrogens with zero attached hydrogens (tertiary/aromatic N) is 1. The fourth-order valence-electron chi connectivity index (χ4n) is 2.83. The molecule has 108 valence electrons. The Bertz CT molecular complexity index is 624. The van der Waals surface area contributed by atoms with Gasteiger partial charge in [0, 0.05) is 18.7 Å². The van der Waals surface area contributed by atoms with Crippen LogP contribution in [0.25, 0.3) is 0 Å². The number of carbonyl (C=O) groups is 1. The molecule has 3 rings (SSSR count). The highest BCUT2D eigenvalue weighted by Crippen LogP contribution is 2.28. The molecule has 1 aliphatic rings. The topological polar surface area (TPSA) is 40.5 Å². The third-order valence-corrected chi connectivity index (χ3v) is 4.00.